The quantitative estimate of drug-likeness (QED) is 0.279. The largest absolute Gasteiger partial charge is 0.205 e. The first-order chi connectivity index (χ1) is 8.19. The summed E-state index contributed by atoms with van der Waals surface area (Å²) >= 11 is 6.86. The van der Waals surface area contributed by atoms with E-state index in [1.807, 2.05) is 31.4 Å². The lowest BCUT2D eigenvalue weighted by Crippen LogP contribution is -1.89. The SMILES string of the molecule is C/C(=N/SC#N)c1ccc(/C(C)=N/N=C=S)s1. The normalized spacial score (nSPS) is 11.8. The second kappa shape index (κ2) is 7.09. The minimum Gasteiger partial charge on any atom is -0.205 e. The van der Waals surface area contributed by atoms with E-state index >= 15 is 0 Å². The standard InChI is InChI=1S/C10H8N4S3/c1-7(13-12-6-15)9-3-4-10(17-9)8(2)14-16-5-11/h3-4H,1-2H3/b13-7+,14-8-. The number of nitriles is 1. The summed E-state index contributed by atoms with van der Waals surface area (Å²) in [4.78, 5) is 1.99. The summed E-state index contributed by atoms with van der Waals surface area (Å²) in [6, 6.07) is 3.88. The van der Waals surface area contributed by atoms with Crippen LogP contribution in [0.3, 0.4) is 0 Å². The smallest absolute Gasteiger partial charge is 0.157 e. The first-order valence-corrected chi connectivity index (χ1v) is 6.50. The summed E-state index contributed by atoms with van der Waals surface area (Å²) in [6.07, 6.45) is 0. The first-order valence-electron chi connectivity index (χ1n) is 4.50. The van der Waals surface area contributed by atoms with E-state index in [1.165, 1.54) is 0 Å². The van der Waals surface area contributed by atoms with Gasteiger partial charge in [0.05, 0.1) is 33.4 Å². The topological polar surface area (TPSA) is 60.9 Å². The van der Waals surface area contributed by atoms with Gasteiger partial charge in [0.25, 0.3) is 0 Å². The summed E-state index contributed by atoms with van der Waals surface area (Å²) < 4.78 is 4.04. The van der Waals surface area contributed by atoms with Gasteiger partial charge in [-0.25, -0.2) is 4.40 Å². The predicted octanol–water partition coefficient (Wildman–Crippen LogP) is 3.51. The number of thiophene rings is 1. The third-order valence-corrected chi connectivity index (χ3v) is 3.61. The molecule has 0 aromatic carbocycles. The lowest BCUT2D eigenvalue weighted by Gasteiger charge is -1.93. The van der Waals surface area contributed by atoms with Gasteiger partial charge in [-0.2, -0.15) is 5.26 Å². The van der Waals surface area contributed by atoms with Crippen LogP contribution in [-0.4, -0.2) is 16.6 Å². The highest BCUT2D eigenvalue weighted by Crippen LogP contribution is 2.19. The number of isothiocyanates is 1. The Morgan fingerprint density at radius 1 is 1.35 bits per heavy atom. The van der Waals surface area contributed by atoms with Gasteiger partial charge in [0, 0.05) is 4.88 Å². The van der Waals surface area contributed by atoms with Crippen LogP contribution < -0.4 is 0 Å². The van der Waals surface area contributed by atoms with Crippen LogP contribution in [0.25, 0.3) is 0 Å². The molecule has 0 N–H and O–H groups in total. The molecule has 1 aromatic heterocycles. The van der Waals surface area contributed by atoms with Crippen LogP contribution in [0.15, 0.2) is 26.7 Å². The van der Waals surface area contributed by atoms with Crippen LogP contribution in [0.5, 0.6) is 0 Å². The van der Waals surface area contributed by atoms with E-state index in [1.54, 1.807) is 11.3 Å². The third kappa shape index (κ3) is 4.21. The Hall–Kier alpha value is -1.32. The Balaban J connectivity index is 2.93. The van der Waals surface area contributed by atoms with Crippen molar-refractivity contribution in [2.45, 2.75) is 13.8 Å². The molecule has 0 saturated heterocycles. The van der Waals surface area contributed by atoms with Crippen molar-refractivity contribution in [2.24, 2.45) is 14.6 Å². The van der Waals surface area contributed by atoms with Crippen LogP contribution in [0.2, 0.25) is 0 Å². The Kier molecular flexibility index (Phi) is 5.73. The van der Waals surface area contributed by atoms with Crippen molar-refractivity contribution in [2.75, 3.05) is 0 Å². The van der Waals surface area contributed by atoms with E-state index in [0.717, 1.165) is 33.1 Å². The number of thiocyanates is 1. The molecule has 0 saturated carbocycles. The molecule has 1 aromatic rings. The van der Waals surface area contributed by atoms with Gasteiger partial charge in [-0.1, -0.05) is 5.10 Å². The molecular weight excluding hydrogens is 272 g/mol. The second-order valence-electron chi connectivity index (χ2n) is 2.90. The molecule has 17 heavy (non-hydrogen) atoms. The number of hydrogen-bond acceptors (Lipinski definition) is 7. The van der Waals surface area contributed by atoms with Crippen LogP contribution in [-0.2, 0) is 0 Å². The molecule has 0 spiro atoms. The fourth-order valence-electron chi connectivity index (χ4n) is 1.01. The molecule has 0 aliphatic heterocycles. The molecule has 0 unspecified atom stereocenters. The van der Waals surface area contributed by atoms with Gasteiger partial charge in [0.15, 0.2) is 5.40 Å². The zero-order valence-corrected chi connectivity index (χ0v) is 11.6. The van der Waals surface area contributed by atoms with E-state index in [4.69, 9.17) is 5.26 Å². The van der Waals surface area contributed by atoms with Gasteiger partial charge in [-0.3, -0.25) is 0 Å². The van der Waals surface area contributed by atoms with Gasteiger partial charge in [-0.15, -0.1) is 16.4 Å². The van der Waals surface area contributed by atoms with E-state index in [9.17, 15) is 0 Å². The van der Waals surface area contributed by atoms with E-state index < -0.39 is 0 Å². The fraction of sp³-hybridized carbons (Fsp3) is 0.200. The zero-order valence-electron chi connectivity index (χ0n) is 9.17. The highest BCUT2D eigenvalue weighted by Gasteiger charge is 2.05. The molecule has 0 aliphatic carbocycles. The highest BCUT2D eigenvalue weighted by atomic mass is 32.2. The molecular formula is C10H8N4S3. The van der Waals surface area contributed by atoms with Crippen molar-refractivity contribution in [1.29, 1.82) is 5.26 Å². The monoisotopic (exact) mass is 280 g/mol. The summed E-state index contributed by atoms with van der Waals surface area (Å²) in [5.41, 5.74) is 1.60. The van der Waals surface area contributed by atoms with Crippen molar-refractivity contribution in [3.63, 3.8) is 0 Å². The predicted molar refractivity (Wildman–Crippen MR) is 77.0 cm³/mol. The average molecular weight is 280 g/mol. The molecule has 0 atom stereocenters. The molecule has 1 rings (SSSR count). The van der Waals surface area contributed by atoms with Gasteiger partial charge in [0.2, 0.25) is 0 Å². The van der Waals surface area contributed by atoms with Crippen LogP contribution in [0, 0.1) is 10.7 Å². The lowest BCUT2D eigenvalue weighted by molar-refractivity contribution is 1.25. The summed E-state index contributed by atoms with van der Waals surface area (Å²) in [5, 5.41) is 19.9. The average Bonchev–Trinajstić information content (AvgIpc) is 2.82. The minimum atomic E-state index is 0.777. The molecule has 0 bridgehead atoms. The second-order valence-corrected chi connectivity index (χ2v) is 4.71. The van der Waals surface area contributed by atoms with Gasteiger partial charge in [-0.05, 0) is 38.2 Å². The summed E-state index contributed by atoms with van der Waals surface area (Å²) in [5.74, 6) is 0. The molecule has 4 nitrogen and oxygen atoms in total. The van der Waals surface area contributed by atoms with Crippen LogP contribution in [0.4, 0.5) is 0 Å². The Morgan fingerprint density at radius 2 is 2.00 bits per heavy atom. The van der Waals surface area contributed by atoms with Crippen molar-refractivity contribution >= 4 is 52.1 Å². The van der Waals surface area contributed by atoms with Crippen molar-refractivity contribution < 1.29 is 0 Å². The molecule has 1 heterocycles. The molecule has 0 amide bonds. The maximum Gasteiger partial charge on any atom is 0.157 e. The fourth-order valence-corrected chi connectivity index (χ4v) is 2.27. The van der Waals surface area contributed by atoms with Crippen molar-refractivity contribution in [1.82, 2.24) is 0 Å². The maximum atomic E-state index is 8.41. The maximum absolute atomic E-state index is 8.41. The Bertz CT molecular complexity index is 544. The van der Waals surface area contributed by atoms with E-state index in [2.05, 4.69) is 32.0 Å². The summed E-state index contributed by atoms with van der Waals surface area (Å²) in [6.45, 7) is 3.71. The van der Waals surface area contributed by atoms with Gasteiger partial charge >= 0.3 is 0 Å². The number of hydrogen-bond donors (Lipinski definition) is 0. The number of thiocarbonyl (C=S) groups is 1. The highest BCUT2D eigenvalue weighted by molar-refractivity contribution is 8.02. The Labute approximate surface area is 113 Å². The van der Waals surface area contributed by atoms with Crippen LogP contribution >= 0.6 is 35.5 Å². The van der Waals surface area contributed by atoms with Crippen molar-refractivity contribution in [3.8, 4) is 5.40 Å². The molecule has 86 valence electrons. The van der Waals surface area contributed by atoms with Crippen molar-refractivity contribution in [3.05, 3.63) is 21.9 Å². The number of nitrogens with zero attached hydrogens (tertiary/aromatic N) is 4. The summed E-state index contributed by atoms with van der Waals surface area (Å²) in [7, 11) is 0. The molecule has 0 aliphatic rings. The molecule has 7 heteroatoms. The van der Waals surface area contributed by atoms with Crippen LogP contribution in [0.1, 0.15) is 23.6 Å². The first kappa shape index (κ1) is 13.7. The molecule has 0 radical (unpaired) electrons. The third-order valence-electron chi connectivity index (χ3n) is 1.78. The van der Waals surface area contributed by atoms with E-state index in [0.29, 0.717) is 0 Å². The molecule has 0 fully saturated rings. The van der Waals surface area contributed by atoms with E-state index in [-0.39, 0.29) is 0 Å². The van der Waals surface area contributed by atoms with Gasteiger partial charge in [0.1, 0.15) is 0 Å². The number of rotatable bonds is 4. The van der Waals surface area contributed by atoms with Gasteiger partial charge < -0.3 is 0 Å². The minimum absolute atomic E-state index is 0.777. The Morgan fingerprint density at radius 3 is 2.59 bits per heavy atom. The zero-order chi connectivity index (χ0) is 12.7. The lowest BCUT2D eigenvalue weighted by atomic mass is 10.3.